The van der Waals surface area contributed by atoms with E-state index in [9.17, 15) is 0 Å². The minimum atomic E-state index is -1.92. The number of aromatic nitrogens is 2. The second kappa shape index (κ2) is 9.25. The Labute approximate surface area is 186 Å². The number of aryl methyl sites for hydroxylation is 2. The molecular weight excluding hydrogens is 405 g/mol. The molecule has 0 radical (unpaired) electrons. The molecular formula is C26H32FN3S. The zero-order valence-corrected chi connectivity index (χ0v) is 19.6. The molecule has 3 aromatic rings. The monoisotopic (exact) mass is 437 g/mol. The molecule has 0 bridgehead atoms. The van der Waals surface area contributed by atoms with Crippen LogP contribution in [0.25, 0.3) is 16.7 Å². The molecule has 0 unspecified atom stereocenters. The summed E-state index contributed by atoms with van der Waals surface area (Å²) in [7, 11) is -1.92. The van der Waals surface area contributed by atoms with Crippen LogP contribution in [0.5, 0.6) is 0 Å². The Hall–Kier alpha value is -2.63. The van der Waals surface area contributed by atoms with Crippen molar-refractivity contribution in [2.45, 2.75) is 51.5 Å². The lowest BCUT2D eigenvalue weighted by Crippen LogP contribution is -2.10. The molecule has 0 spiro atoms. The lowest BCUT2D eigenvalue weighted by molar-refractivity contribution is 0.592. The van der Waals surface area contributed by atoms with Crippen molar-refractivity contribution in [2.24, 2.45) is 5.14 Å². The van der Waals surface area contributed by atoms with Crippen LogP contribution in [0.1, 0.15) is 50.0 Å². The van der Waals surface area contributed by atoms with Gasteiger partial charge in [-0.05, 0) is 48.6 Å². The standard InChI is InChI=1S/C26H32FN3S/c1-7-11-25-29-23(8-2)26(18(3)4)30(25)17-20-15-14-19(16-22(20)27)21-12-9-10-13-24(21)31(5,6)28/h9-10,12-16H,3,5-8,11,17,28H2,1-2,4H3. The molecule has 0 atom stereocenters. The maximum atomic E-state index is 15.3. The Morgan fingerprint density at radius 2 is 1.87 bits per heavy atom. The topological polar surface area (TPSA) is 43.8 Å². The van der Waals surface area contributed by atoms with Crippen molar-refractivity contribution >= 4 is 26.7 Å². The van der Waals surface area contributed by atoms with Crippen molar-refractivity contribution in [3.05, 3.63) is 77.6 Å². The first-order valence-corrected chi connectivity index (χ1v) is 12.6. The highest BCUT2D eigenvalue weighted by molar-refractivity contribution is 8.26. The second-order valence-corrected chi connectivity index (χ2v) is 10.4. The Morgan fingerprint density at radius 3 is 2.45 bits per heavy atom. The van der Waals surface area contributed by atoms with Gasteiger partial charge in [0.25, 0.3) is 0 Å². The fraction of sp³-hybridized carbons (Fsp3) is 0.269. The number of nitrogens with two attached hydrogens (primary N) is 1. The molecule has 0 fully saturated rings. The van der Waals surface area contributed by atoms with Gasteiger partial charge in [0.15, 0.2) is 0 Å². The number of hydrogen-bond acceptors (Lipinski definition) is 2. The van der Waals surface area contributed by atoms with Crippen molar-refractivity contribution in [2.75, 3.05) is 0 Å². The van der Waals surface area contributed by atoms with Crippen LogP contribution in [-0.4, -0.2) is 21.3 Å². The zero-order valence-electron chi connectivity index (χ0n) is 18.7. The number of allylic oxidation sites excluding steroid dienone is 1. The van der Waals surface area contributed by atoms with Crippen LogP contribution in [0.3, 0.4) is 0 Å². The van der Waals surface area contributed by atoms with E-state index in [4.69, 9.17) is 10.1 Å². The van der Waals surface area contributed by atoms with Gasteiger partial charge in [0.2, 0.25) is 0 Å². The lowest BCUT2D eigenvalue weighted by Gasteiger charge is -2.16. The molecule has 31 heavy (non-hydrogen) atoms. The second-order valence-electron chi connectivity index (χ2n) is 8.04. The molecule has 0 amide bonds. The van der Waals surface area contributed by atoms with E-state index in [2.05, 4.69) is 36.7 Å². The van der Waals surface area contributed by atoms with Crippen LogP contribution < -0.4 is 5.14 Å². The van der Waals surface area contributed by atoms with Crippen LogP contribution in [0.4, 0.5) is 4.39 Å². The number of rotatable bonds is 8. The summed E-state index contributed by atoms with van der Waals surface area (Å²) >= 11 is 0. The number of hydrogen-bond donors (Lipinski definition) is 1. The van der Waals surface area contributed by atoms with Gasteiger partial charge in [0.1, 0.15) is 11.6 Å². The van der Waals surface area contributed by atoms with E-state index in [1.54, 1.807) is 6.07 Å². The summed E-state index contributed by atoms with van der Waals surface area (Å²) in [4.78, 5) is 5.68. The Kier molecular flexibility index (Phi) is 6.87. The normalized spacial score (nSPS) is 11.6. The molecule has 0 aliphatic rings. The Balaban J connectivity index is 2.06. The minimum absolute atomic E-state index is 0.250. The smallest absolute Gasteiger partial charge is 0.128 e. The van der Waals surface area contributed by atoms with E-state index in [1.165, 1.54) is 0 Å². The molecule has 0 aliphatic heterocycles. The fourth-order valence-electron chi connectivity index (χ4n) is 3.93. The van der Waals surface area contributed by atoms with Crippen molar-refractivity contribution < 1.29 is 4.39 Å². The SMILES string of the molecule is C=C(C)c1c(CC)nc(CCC)n1Cc1ccc(-c2ccccc2S(=C)(=C)N)cc1F. The first-order valence-electron chi connectivity index (χ1n) is 10.6. The molecule has 3 rings (SSSR count). The number of benzene rings is 2. The number of imidazole rings is 1. The van der Waals surface area contributed by atoms with Gasteiger partial charge in [-0.3, -0.25) is 5.14 Å². The highest BCUT2D eigenvalue weighted by Crippen LogP contribution is 2.35. The highest BCUT2D eigenvalue weighted by atomic mass is 32.2. The summed E-state index contributed by atoms with van der Waals surface area (Å²) in [6.07, 6.45) is 2.65. The lowest BCUT2D eigenvalue weighted by atomic mass is 10.0. The van der Waals surface area contributed by atoms with Crippen LogP contribution >= 0.6 is 9.39 Å². The molecule has 0 saturated heterocycles. The molecule has 164 valence electrons. The zero-order chi connectivity index (χ0) is 22.8. The van der Waals surface area contributed by atoms with E-state index in [0.29, 0.717) is 12.1 Å². The van der Waals surface area contributed by atoms with Crippen molar-refractivity contribution in [1.82, 2.24) is 9.55 Å². The molecule has 0 saturated carbocycles. The van der Waals surface area contributed by atoms with Crippen LogP contribution in [-0.2, 0) is 19.4 Å². The van der Waals surface area contributed by atoms with Gasteiger partial charge < -0.3 is 4.57 Å². The van der Waals surface area contributed by atoms with Gasteiger partial charge in [-0.2, -0.15) is 0 Å². The van der Waals surface area contributed by atoms with Crippen LogP contribution in [0.2, 0.25) is 0 Å². The molecule has 2 aromatic carbocycles. The predicted molar refractivity (Wildman–Crippen MR) is 136 cm³/mol. The number of halogens is 1. The van der Waals surface area contributed by atoms with Gasteiger partial charge in [-0.1, -0.05) is 62.5 Å². The van der Waals surface area contributed by atoms with Gasteiger partial charge in [-0.25, -0.2) is 9.37 Å². The van der Waals surface area contributed by atoms with E-state index < -0.39 is 9.39 Å². The summed E-state index contributed by atoms with van der Waals surface area (Å²) in [6.45, 7) is 10.8. The summed E-state index contributed by atoms with van der Waals surface area (Å²) in [5.41, 5.74) is 5.27. The molecule has 3 nitrogen and oxygen atoms in total. The quantitative estimate of drug-likeness (QED) is 0.427. The van der Waals surface area contributed by atoms with Crippen LogP contribution in [0.15, 0.2) is 53.9 Å². The van der Waals surface area contributed by atoms with Crippen molar-refractivity contribution in [3.63, 3.8) is 0 Å². The van der Waals surface area contributed by atoms with Gasteiger partial charge in [0.05, 0.1) is 17.9 Å². The highest BCUT2D eigenvalue weighted by Gasteiger charge is 2.18. The Morgan fingerprint density at radius 1 is 1.16 bits per heavy atom. The Bertz CT molecular complexity index is 1220. The van der Waals surface area contributed by atoms with Crippen LogP contribution in [0, 0.1) is 5.82 Å². The fourth-order valence-corrected chi connectivity index (χ4v) is 4.91. The maximum absolute atomic E-state index is 15.3. The summed E-state index contributed by atoms with van der Waals surface area (Å²) in [5, 5.41) is 6.22. The summed E-state index contributed by atoms with van der Waals surface area (Å²) in [5.74, 6) is 8.78. The molecule has 0 aliphatic carbocycles. The van der Waals surface area contributed by atoms with E-state index in [0.717, 1.165) is 58.1 Å². The minimum Gasteiger partial charge on any atom is -0.323 e. The maximum Gasteiger partial charge on any atom is 0.128 e. The van der Waals surface area contributed by atoms with Gasteiger partial charge in [-0.15, -0.1) is 9.39 Å². The van der Waals surface area contributed by atoms with E-state index >= 15 is 4.39 Å². The van der Waals surface area contributed by atoms with E-state index in [-0.39, 0.29) is 5.82 Å². The molecule has 5 heteroatoms. The predicted octanol–water partition coefficient (Wildman–Crippen LogP) is 6.19. The van der Waals surface area contributed by atoms with Gasteiger partial charge >= 0.3 is 0 Å². The molecule has 2 N–H and O–H groups in total. The molecule has 1 heterocycles. The summed E-state index contributed by atoms with van der Waals surface area (Å²) < 4.78 is 17.4. The first kappa shape index (κ1) is 23.0. The summed E-state index contributed by atoms with van der Waals surface area (Å²) in [6, 6.07) is 13.1. The van der Waals surface area contributed by atoms with Crippen molar-refractivity contribution in [1.29, 1.82) is 0 Å². The first-order chi connectivity index (χ1) is 14.7. The van der Waals surface area contributed by atoms with Gasteiger partial charge in [0, 0.05) is 16.9 Å². The third-order valence-corrected chi connectivity index (χ3v) is 6.58. The number of nitrogens with zero attached hydrogens (tertiary/aromatic N) is 2. The third kappa shape index (κ3) is 4.83. The largest absolute Gasteiger partial charge is 0.323 e. The van der Waals surface area contributed by atoms with Crippen molar-refractivity contribution in [3.8, 4) is 11.1 Å². The molecule has 1 aromatic heterocycles. The van der Waals surface area contributed by atoms with E-state index in [1.807, 2.05) is 43.3 Å². The average molecular weight is 438 g/mol. The average Bonchev–Trinajstić information content (AvgIpc) is 3.06. The third-order valence-electron chi connectivity index (χ3n) is 5.35.